The average molecular weight is 298 g/mol. The molecule has 0 fully saturated rings. The molecule has 0 aliphatic carbocycles. The molecule has 114 valence electrons. The zero-order chi connectivity index (χ0) is 16.2. The standard InChI is InChI=1S/C11H14N4O6/c1-15-8(12)7(9(17)14-11(15)19)13-5(10(18)21-3)4-6(16)20-2/h4,13H,12H2,1-3H3,(H,14,17,19)/b5-4-. The summed E-state index contributed by atoms with van der Waals surface area (Å²) < 4.78 is 9.80. The Morgan fingerprint density at radius 3 is 2.43 bits per heavy atom. The largest absolute Gasteiger partial charge is 0.466 e. The lowest BCUT2D eigenvalue weighted by Crippen LogP contribution is -2.33. The van der Waals surface area contributed by atoms with Crippen LogP contribution in [0.1, 0.15) is 0 Å². The van der Waals surface area contributed by atoms with Crippen molar-refractivity contribution in [1.82, 2.24) is 9.55 Å². The predicted molar refractivity (Wildman–Crippen MR) is 72.5 cm³/mol. The maximum atomic E-state index is 11.7. The molecule has 1 rings (SSSR count). The summed E-state index contributed by atoms with van der Waals surface area (Å²) in [5, 5.41) is 2.36. The van der Waals surface area contributed by atoms with Crippen molar-refractivity contribution >= 4 is 23.4 Å². The fourth-order valence-electron chi connectivity index (χ4n) is 1.33. The fraction of sp³-hybridized carbons (Fsp3) is 0.273. The highest BCUT2D eigenvalue weighted by Gasteiger charge is 2.17. The van der Waals surface area contributed by atoms with Crippen LogP contribution in [0.25, 0.3) is 0 Å². The number of H-pyrrole nitrogens is 1. The number of aromatic amines is 1. The van der Waals surface area contributed by atoms with Gasteiger partial charge in [-0.25, -0.2) is 14.4 Å². The zero-order valence-electron chi connectivity index (χ0n) is 11.6. The summed E-state index contributed by atoms with van der Waals surface area (Å²) >= 11 is 0. The highest BCUT2D eigenvalue weighted by Crippen LogP contribution is 2.12. The summed E-state index contributed by atoms with van der Waals surface area (Å²) in [6, 6.07) is 0. The second-order valence-corrected chi connectivity index (χ2v) is 3.78. The van der Waals surface area contributed by atoms with Gasteiger partial charge in [0.25, 0.3) is 5.56 Å². The Morgan fingerprint density at radius 1 is 1.29 bits per heavy atom. The molecule has 10 heteroatoms. The number of ether oxygens (including phenoxy) is 2. The van der Waals surface area contributed by atoms with E-state index in [-0.39, 0.29) is 17.2 Å². The summed E-state index contributed by atoms with van der Waals surface area (Å²) in [7, 11) is 3.52. The monoisotopic (exact) mass is 298 g/mol. The number of hydrogen-bond donors (Lipinski definition) is 3. The van der Waals surface area contributed by atoms with Crippen LogP contribution >= 0.6 is 0 Å². The van der Waals surface area contributed by atoms with E-state index in [1.54, 1.807) is 0 Å². The number of carbonyl (C=O) groups excluding carboxylic acids is 2. The lowest BCUT2D eigenvalue weighted by Gasteiger charge is -2.12. The van der Waals surface area contributed by atoms with Crippen LogP contribution in [0.15, 0.2) is 21.4 Å². The normalized spacial score (nSPS) is 10.9. The van der Waals surface area contributed by atoms with Gasteiger partial charge in [0, 0.05) is 7.05 Å². The third-order valence-electron chi connectivity index (χ3n) is 2.50. The summed E-state index contributed by atoms with van der Waals surface area (Å²) in [5.41, 5.74) is 3.39. The topological polar surface area (TPSA) is 146 Å². The van der Waals surface area contributed by atoms with E-state index in [2.05, 4.69) is 14.8 Å². The lowest BCUT2D eigenvalue weighted by molar-refractivity contribution is -0.138. The van der Waals surface area contributed by atoms with Crippen LogP contribution in [0, 0.1) is 0 Å². The number of aromatic nitrogens is 2. The fourth-order valence-corrected chi connectivity index (χ4v) is 1.33. The Kier molecular flexibility index (Phi) is 4.89. The average Bonchev–Trinajstić information content (AvgIpc) is 2.46. The summed E-state index contributed by atoms with van der Waals surface area (Å²) in [5.74, 6) is -1.99. The molecule has 21 heavy (non-hydrogen) atoms. The number of nitrogens with one attached hydrogen (secondary N) is 2. The number of nitrogens with zero attached hydrogens (tertiary/aromatic N) is 1. The first kappa shape index (κ1) is 16.0. The van der Waals surface area contributed by atoms with Crippen molar-refractivity contribution in [2.45, 2.75) is 0 Å². The van der Waals surface area contributed by atoms with Crippen LogP contribution in [0.2, 0.25) is 0 Å². The van der Waals surface area contributed by atoms with Gasteiger partial charge in [0.2, 0.25) is 0 Å². The van der Waals surface area contributed by atoms with E-state index in [0.29, 0.717) is 0 Å². The minimum atomic E-state index is -0.923. The molecule has 1 heterocycles. The first-order valence-corrected chi connectivity index (χ1v) is 5.55. The molecule has 0 spiro atoms. The van der Waals surface area contributed by atoms with Gasteiger partial charge in [-0.1, -0.05) is 0 Å². The third kappa shape index (κ3) is 3.49. The molecule has 0 aliphatic rings. The molecule has 0 bridgehead atoms. The SMILES string of the molecule is COC(=O)/C=C(\Nc1c(N)n(C)c(=O)[nH]c1=O)C(=O)OC. The van der Waals surface area contributed by atoms with Gasteiger partial charge in [-0.3, -0.25) is 14.3 Å². The van der Waals surface area contributed by atoms with Gasteiger partial charge in [0.05, 0.1) is 20.3 Å². The number of rotatable bonds is 4. The Bertz CT molecular complexity index is 714. The second kappa shape index (κ2) is 6.41. The number of methoxy groups -OCH3 is 2. The smallest absolute Gasteiger partial charge is 0.354 e. The lowest BCUT2D eigenvalue weighted by atomic mass is 10.3. The van der Waals surface area contributed by atoms with E-state index in [1.807, 2.05) is 4.98 Å². The van der Waals surface area contributed by atoms with Crippen LogP contribution < -0.4 is 22.3 Å². The van der Waals surface area contributed by atoms with Crippen molar-refractivity contribution in [3.63, 3.8) is 0 Å². The van der Waals surface area contributed by atoms with Crippen molar-refractivity contribution < 1.29 is 19.1 Å². The van der Waals surface area contributed by atoms with E-state index < -0.39 is 23.2 Å². The molecular formula is C11H14N4O6. The van der Waals surface area contributed by atoms with Crippen molar-refractivity contribution in [2.24, 2.45) is 7.05 Å². The van der Waals surface area contributed by atoms with E-state index in [0.717, 1.165) is 24.9 Å². The van der Waals surface area contributed by atoms with Crippen LogP contribution in [0.4, 0.5) is 11.5 Å². The summed E-state index contributed by atoms with van der Waals surface area (Å²) in [6.45, 7) is 0. The van der Waals surface area contributed by atoms with E-state index in [1.165, 1.54) is 7.05 Å². The van der Waals surface area contributed by atoms with Crippen LogP contribution in [-0.4, -0.2) is 35.7 Å². The molecule has 0 atom stereocenters. The highest BCUT2D eigenvalue weighted by atomic mass is 16.5. The van der Waals surface area contributed by atoms with Gasteiger partial charge in [-0.05, 0) is 0 Å². The molecule has 0 saturated heterocycles. The molecule has 1 aromatic rings. The van der Waals surface area contributed by atoms with E-state index in [9.17, 15) is 19.2 Å². The number of hydrogen-bond acceptors (Lipinski definition) is 8. The molecule has 0 saturated carbocycles. The van der Waals surface area contributed by atoms with Gasteiger partial charge in [0.15, 0.2) is 0 Å². The zero-order valence-corrected chi connectivity index (χ0v) is 11.6. The van der Waals surface area contributed by atoms with Gasteiger partial charge in [0.1, 0.15) is 17.2 Å². The Labute approximate surface area is 118 Å². The van der Waals surface area contributed by atoms with Crippen molar-refractivity contribution in [3.05, 3.63) is 32.6 Å². The molecule has 0 amide bonds. The summed E-state index contributed by atoms with van der Waals surface area (Å²) in [4.78, 5) is 47.8. The van der Waals surface area contributed by atoms with Gasteiger partial charge in [-0.2, -0.15) is 0 Å². The maximum Gasteiger partial charge on any atom is 0.354 e. The Morgan fingerprint density at radius 2 is 1.90 bits per heavy atom. The van der Waals surface area contributed by atoms with Crippen LogP contribution in [0.3, 0.4) is 0 Å². The van der Waals surface area contributed by atoms with Crippen LogP contribution in [-0.2, 0) is 26.1 Å². The maximum absolute atomic E-state index is 11.7. The predicted octanol–water partition coefficient (Wildman–Crippen LogP) is -1.70. The van der Waals surface area contributed by atoms with Gasteiger partial charge in [-0.15, -0.1) is 0 Å². The molecule has 0 aromatic carbocycles. The summed E-state index contributed by atoms with van der Waals surface area (Å²) in [6.07, 6.45) is 0.788. The minimum absolute atomic E-state index is 0.219. The highest BCUT2D eigenvalue weighted by molar-refractivity contribution is 5.99. The third-order valence-corrected chi connectivity index (χ3v) is 2.50. The van der Waals surface area contributed by atoms with Crippen LogP contribution in [0.5, 0.6) is 0 Å². The Balaban J connectivity index is 3.35. The molecule has 0 aliphatic heterocycles. The molecular weight excluding hydrogens is 284 g/mol. The second-order valence-electron chi connectivity index (χ2n) is 3.78. The number of esters is 2. The number of nitrogens with two attached hydrogens (primary N) is 1. The first-order valence-electron chi connectivity index (χ1n) is 5.55. The molecule has 4 N–H and O–H groups in total. The van der Waals surface area contributed by atoms with E-state index in [4.69, 9.17) is 5.73 Å². The van der Waals surface area contributed by atoms with Crippen molar-refractivity contribution in [2.75, 3.05) is 25.3 Å². The van der Waals surface area contributed by atoms with Gasteiger partial charge >= 0.3 is 17.6 Å². The molecule has 0 radical (unpaired) electrons. The number of anilines is 2. The first-order chi connectivity index (χ1) is 9.81. The minimum Gasteiger partial charge on any atom is -0.466 e. The molecule has 1 aromatic heterocycles. The number of carbonyl (C=O) groups is 2. The van der Waals surface area contributed by atoms with Crippen molar-refractivity contribution in [1.29, 1.82) is 0 Å². The quantitative estimate of drug-likeness (QED) is 0.440. The number of nitrogen functional groups attached to an aromatic ring is 1. The van der Waals surface area contributed by atoms with Crippen molar-refractivity contribution in [3.8, 4) is 0 Å². The van der Waals surface area contributed by atoms with E-state index >= 15 is 0 Å². The molecule has 10 nitrogen and oxygen atoms in total. The Hall–Kier alpha value is -3.04. The molecule has 0 unspecified atom stereocenters. The van der Waals surface area contributed by atoms with Gasteiger partial charge < -0.3 is 20.5 Å².